The van der Waals surface area contributed by atoms with E-state index in [-0.39, 0.29) is 0 Å². The lowest BCUT2D eigenvalue weighted by atomic mass is 10.2. The molecule has 2 aromatic rings. The van der Waals surface area contributed by atoms with E-state index in [1.807, 2.05) is 28.8 Å². The Hall–Kier alpha value is -1.79. The second-order valence-electron chi connectivity index (χ2n) is 4.04. The number of hydrogen-bond donors (Lipinski definition) is 1. The maximum absolute atomic E-state index is 5.19. The fourth-order valence-electron chi connectivity index (χ4n) is 1.77. The third kappa shape index (κ3) is 3.33. The first-order valence-electron chi connectivity index (χ1n) is 5.97. The summed E-state index contributed by atoms with van der Waals surface area (Å²) in [6, 6.07) is 6.02. The van der Waals surface area contributed by atoms with Gasteiger partial charge in [0.25, 0.3) is 0 Å². The molecule has 0 amide bonds. The van der Waals surface area contributed by atoms with E-state index < -0.39 is 0 Å². The maximum atomic E-state index is 5.19. The molecule has 0 aliphatic rings. The molecular formula is C14H17N3. The third-order valence-electron chi connectivity index (χ3n) is 2.64. The zero-order valence-electron chi connectivity index (χ0n) is 9.89. The van der Waals surface area contributed by atoms with Crippen molar-refractivity contribution in [1.82, 2.24) is 14.7 Å². The Balaban J connectivity index is 1.77. The van der Waals surface area contributed by atoms with E-state index in [2.05, 4.69) is 22.4 Å². The number of fused-ring (bicyclic) bond motifs is 1. The topological polar surface area (TPSA) is 29.3 Å². The Morgan fingerprint density at radius 2 is 2.29 bits per heavy atom. The Morgan fingerprint density at radius 3 is 3.12 bits per heavy atom. The van der Waals surface area contributed by atoms with Crippen LogP contribution in [0, 0.1) is 12.3 Å². The largest absolute Gasteiger partial charge is 0.311 e. The SMILES string of the molecule is C#CCCCCNCc1cn2ccccc2n1. The highest BCUT2D eigenvalue weighted by atomic mass is 15.0. The van der Waals surface area contributed by atoms with Crippen LogP contribution in [0.15, 0.2) is 30.6 Å². The summed E-state index contributed by atoms with van der Waals surface area (Å²) in [7, 11) is 0. The van der Waals surface area contributed by atoms with Crippen molar-refractivity contribution in [3.05, 3.63) is 36.3 Å². The number of imidazole rings is 1. The first kappa shape index (κ1) is 11.7. The van der Waals surface area contributed by atoms with Crippen molar-refractivity contribution < 1.29 is 0 Å². The van der Waals surface area contributed by atoms with Gasteiger partial charge in [0.05, 0.1) is 5.69 Å². The van der Waals surface area contributed by atoms with Crippen molar-refractivity contribution in [3.63, 3.8) is 0 Å². The number of pyridine rings is 1. The van der Waals surface area contributed by atoms with E-state index in [0.717, 1.165) is 43.7 Å². The van der Waals surface area contributed by atoms with Crippen LogP contribution in [0.25, 0.3) is 5.65 Å². The van der Waals surface area contributed by atoms with Gasteiger partial charge in [0.1, 0.15) is 5.65 Å². The van der Waals surface area contributed by atoms with Crippen LogP contribution in [-0.4, -0.2) is 15.9 Å². The van der Waals surface area contributed by atoms with Gasteiger partial charge in [-0.3, -0.25) is 0 Å². The summed E-state index contributed by atoms with van der Waals surface area (Å²) in [5.41, 5.74) is 2.07. The molecule has 2 aromatic heterocycles. The number of hydrogen-bond acceptors (Lipinski definition) is 2. The number of rotatable bonds is 6. The van der Waals surface area contributed by atoms with Crippen molar-refractivity contribution in [3.8, 4) is 12.3 Å². The monoisotopic (exact) mass is 227 g/mol. The molecule has 0 aliphatic carbocycles. The van der Waals surface area contributed by atoms with E-state index in [1.54, 1.807) is 0 Å². The molecule has 0 atom stereocenters. The standard InChI is InChI=1S/C14H17N3/c1-2-3-4-6-9-15-11-13-12-17-10-7-5-8-14(17)16-13/h1,5,7-8,10,12,15H,3-4,6,9,11H2. The summed E-state index contributed by atoms with van der Waals surface area (Å²) in [5, 5.41) is 3.38. The lowest BCUT2D eigenvalue weighted by Gasteiger charge is -2.00. The molecule has 0 saturated heterocycles. The average Bonchev–Trinajstić information content (AvgIpc) is 2.76. The minimum atomic E-state index is 0.817. The molecule has 0 aliphatic heterocycles. The molecule has 17 heavy (non-hydrogen) atoms. The number of aromatic nitrogens is 2. The van der Waals surface area contributed by atoms with Gasteiger partial charge in [-0.2, -0.15) is 0 Å². The second kappa shape index (κ2) is 6.07. The summed E-state index contributed by atoms with van der Waals surface area (Å²) in [5.74, 6) is 2.65. The molecule has 3 heteroatoms. The van der Waals surface area contributed by atoms with Crippen LogP contribution in [-0.2, 0) is 6.54 Å². The van der Waals surface area contributed by atoms with Gasteiger partial charge in [-0.05, 0) is 31.5 Å². The quantitative estimate of drug-likeness (QED) is 0.605. The lowest BCUT2D eigenvalue weighted by molar-refractivity contribution is 0.624. The van der Waals surface area contributed by atoms with Gasteiger partial charge in [-0.1, -0.05) is 6.07 Å². The van der Waals surface area contributed by atoms with Crippen molar-refractivity contribution in [2.75, 3.05) is 6.54 Å². The van der Waals surface area contributed by atoms with Gasteiger partial charge in [0.2, 0.25) is 0 Å². The molecule has 2 rings (SSSR count). The molecular weight excluding hydrogens is 210 g/mol. The predicted molar refractivity (Wildman–Crippen MR) is 69.6 cm³/mol. The van der Waals surface area contributed by atoms with Gasteiger partial charge in [-0.15, -0.1) is 12.3 Å². The van der Waals surface area contributed by atoms with Gasteiger partial charge < -0.3 is 9.72 Å². The molecule has 0 fully saturated rings. The van der Waals surface area contributed by atoms with Gasteiger partial charge >= 0.3 is 0 Å². The highest BCUT2D eigenvalue weighted by molar-refractivity contribution is 5.39. The molecule has 0 unspecified atom stereocenters. The molecule has 0 saturated carbocycles. The molecule has 1 N–H and O–H groups in total. The molecule has 88 valence electrons. The minimum Gasteiger partial charge on any atom is -0.311 e. The van der Waals surface area contributed by atoms with E-state index >= 15 is 0 Å². The Kier molecular flexibility index (Phi) is 4.17. The van der Waals surface area contributed by atoms with E-state index in [1.165, 1.54) is 0 Å². The summed E-state index contributed by atoms with van der Waals surface area (Å²) in [6.07, 6.45) is 12.4. The second-order valence-corrected chi connectivity index (χ2v) is 4.04. The Morgan fingerprint density at radius 1 is 1.35 bits per heavy atom. The molecule has 0 spiro atoms. The number of nitrogens with zero attached hydrogens (tertiary/aromatic N) is 2. The van der Waals surface area contributed by atoms with Crippen molar-refractivity contribution >= 4 is 5.65 Å². The van der Waals surface area contributed by atoms with Crippen LogP contribution in [0.1, 0.15) is 25.0 Å². The van der Waals surface area contributed by atoms with Crippen LogP contribution in [0.5, 0.6) is 0 Å². The van der Waals surface area contributed by atoms with E-state index in [9.17, 15) is 0 Å². The molecule has 0 aromatic carbocycles. The molecule has 0 bridgehead atoms. The lowest BCUT2D eigenvalue weighted by Crippen LogP contribution is -2.14. The van der Waals surface area contributed by atoms with Crippen molar-refractivity contribution in [2.24, 2.45) is 0 Å². The molecule has 2 heterocycles. The molecule has 3 nitrogen and oxygen atoms in total. The fraction of sp³-hybridized carbons (Fsp3) is 0.357. The van der Waals surface area contributed by atoms with E-state index in [4.69, 9.17) is 6.42 Å². The zero-order valence-corrected chi connectivity index (χ0v) is 9.89. The highest BCUT2D eigenvalue weighted by Crippen LogP contribution is 2.04. The highest BCUT2D eigenvalue weighted by Gasteiger charge is 1.99. The predicted octanol–water partition coefficient (Wildman–Crippen LogP) is 2.23. The van der Waals surface area contributed by atoms with Crippen LogP contribution in [0.3, 0.4) is 0 Å². The third-order valence-corrected chi connectivity index (χ3v) is 2.64. The summed E-state index contributed by atoms with van der Waals surface area (Å²) in [6.45, 7) is 1.81. The number of nitrogens with one attached hydrogen (secondary N) is 1. The molecule has 0 radical (unpaired) electrons. The maximum Gasteiger partial charge on any atom is 0.137 e. The normalized spacial score (nSPS) is 10.5. The Labute approximate surface area is 102 Å². The van der Waals surface area contributed by atoms with Gasteiger partial charge in [0, 0.05) is 25.4 Å². The minimum absolute atomic E-state index is 0.817. The number of terminal acetylenes is 1. The summed E-state index contributed by atoms with van der Waals surface area (Å²) >= 11 is 0. The summed E-state index contributed by atoms with van der Waals surface area (Å²) < 4.78 is 2.04. The number of unbranched alkanes of at least 4 members (excludes halogenated alkanes) is 2. The first-order chi connectivity index (χ1) is 8.40. The summed E-state index contributed by atoms with van der Waals surface area (Å²) in [4.78, 5) is 4.51. The van der Waals surface area contributed by atoms with Crippen LogP contribution >= 0.6 is 0 Å². The smallest absolute Gasteiger partial charge is 0.137 e. The van der Waals surface area contributed by atoms with Crippen LogP contribution in [0.4, 0.5) is 0 Å². The van der Waals surface area contributed by atoms with Gasteiger partial charge in [0.15, 0.2) is 0 Å². The van der Waals surface area contributed by atoms with Crippen molar-refractivity contribution in [1.29, 1.82) is 0 Å². The average molecular weight is 227 g/mol. The van der Waals surface area contributed by atoms with Crippen LogP contribution in [0.2, 0.25) is 0 Å². The van der Waals surface area contributed by atoms with E-state index in [0.29, 0.717) is 0 Å². The van der Waals surface area contributed by atoms with Crippen LogP contribution < -0.4 is 5.32 Å². The zero-order chi connectivity index (χ0) is 11.9. The fourth-order valence-corrected chi connectivity index (χ4v) is 1.77. The Bertz CT molecular complexity index is 474. The van der Waals surface area contributed by atoms with Gasteiger partial charge in [-0.25, -0.2) is 4.98 Å². The van der Waals surface area contributed by atoms with Crippen molar-refractivity contribution in [2.45, 2.75) is 25.8 Å². The first-order valence-corrected chi connectivity index (χ1v) is 5.97.